The van der Waals surface area contributed by atoms with E-state index >= 15 is 0 Å². The fourth-order valence-electron chi connectivity index (χ4n) is 1.67. The van der Waals surface area contributed by atoms with Crippen molar-refractivity contribution in [3.8, 4) is 0 Å². The summed E-state index contributed by atoms with van der Waals surface area (Å²) in [6, 6.07) is 8.82. The summed E-state index contributed by atoms with van der Waals surface area (Å²) in [5.74, 6) is -1.87. The number of carboxylic acid groups (broad SMARTS) is 1. The molecule has 0 radical (unpaired) electrons. The van der Waals surface area contributed by atoms with Gasteiger partial charge in [0, 0.05) is 6.04 Å². The normalized spacial score (nSPS) is 11.5. The van der Waals surface area contributed by atoms with E-state index in [0.29, 0.717) is 6.42 Å². The first kappa shape index (κ1) is 16.6. The number of carboxylic acids is 1. The number of aliphatic carboxylic acids is 1. The molecule has 3 N–H and O–H groups in total. The first-order valence-corrected chi connectivity index (χ1v) is 6.41. The van der Waals surface area contributed by atoms with Gasteiger partial charge >= 0.3 is 12.0 Å². The molecule has 0 bridgehead atoms. The topological polar surface area (TPSA) is 105 Å². The van der Waals surface area contributed by atoms with Crippen LogP contribution in [-0.4, -0.2) is 42.3 Å². The fourth-order valence-corrected chi connectivity index (χ4v) is 1.67. The van der Waals surface area contributed by atoms with Crippen LogP contribution in [0.4, 0.5) is 4.79 Å². The Morgan fingerprint density at radius 2 is 1.86 bits per heavy atom. The lowest BCUT2D eigenvalue weighted by molar-refractivity contribution is -0.143. The first-order chi connectivity index (χ1) is 9.97. The van der Waals surface area contributed by atoms with Crippen LogP contribution in [0.1, 0.15) is 12.5 Å². The maximum absolute atomic E-state index is 11.5. The number of ether oxygens (including phenoxy) is 1. The van der Waals surface area contributed by atoms with Crippen LogP contribution in [0, 0.1) is 0 Å². The minimum absolute atomic E-state index is 0.153. The largest absolute Gasteiger partial charge is 0.480 e. The van der Waals surface area contributed by atoms with Crippen LogP contribution in [0.15, 0.2) is 30.3 Å². The van der Waals surface area contributed by atoms with Gasteiger partial charge in [-0.25, -0.2) is 9.59 Å². The maximum Gasteiger partial charge on any atom is 0.329 e. The zero-order chi connectivity index (χ0) is 15.7. The van der Waals surface area contributed by atoms with Crippen molar-refractivity contribution in [3.05, 3.63) is 35.9 Å². The molecule has 1 aromatic rings. The molecule has 7 heteroatoms. The molecule has 0 saturated heterocycles. The summed E-state index contributed by atoms with van der Waals surface area (Å²) in [7, 11) is 0. The number of rotatable bonds is 7. The molecule has 1 rings (SSSR count). The van der Waals surface area contributed by atoms with E-state index in [0.717, 1.165) is 5.56 Å². The van der Waals surface area contributed by atoms with Crippen LogP contribution in [0.25, 0.3) is 0 Å². The number of hydrogen-bond donors (Lipinski definition) is 3. The average molecular weight is 294 g/mol. The van der Waals surface area contributed by atoms with Crippen molar-refractivity contribution >= 4 is 17.9 Å². The monoisotopic (exact) mass is 294 g/mol. The van der Waals surface area contributed by atoms with Crippen LogP contribution in [0.3, 0.4) is 0 Å². The molecule has 1 aromatic carbocycles. The standard InChI is InChI=1S/C14H18N2O5/c1-10(7-11-5-3-2-4-6-11)15-14(20)16-12(17)8-21-9-13(18)19/h2-6,10H,7-9H2,1H3,(H,18,19)(H2,15,16,17,20). The predicted octanol–water partition coefficient (Wildman–Crippen LogP) is 0.545. The second-order valence-corrected chi connectivity index (χ2v) is 4.50. The molecule has 0 aliphatic rings. The third-order valence-corrected chi connectivity index (χ3v) is 2.47. The third kappa shape index (κ3) is 7.68. The summed E-state index contributed by atoms with van der Waals surface area (Å²) in [6.45, 7) is 0.754. The number of benzene rings is 1. The zero-order valence-electron chi connectivity index (χ0n) is 11.7. The molecule has 1 unspecified atom stereocenters. The van der Waals surface area contributed by atoms with Gasteiger partial charge in [-0.2, -0.15) is 0 Å². The summed E-state index contributed by atoms with van der Waals surface area (Å²) >= 11 is 0. The molecule has 1 atom stereocenters. The van der Waals surface area contributed by atoms with Gasteiger partial charge in [-0.1, -0.05) is 30.3 Å². The molecule has 0 aliphatic carbocycles. The lowest BCUT2D eigenvalue weighted by Gasteiger charge is -2.14. The summed E-state index contributed by atoms with van der Waals surface area (Å²) < 4.78 is 4.57. The number of carbonyl (C=O) groups is 3. The molecular weight excluding hydrogens is 276 g/mol. The van der Waals surface area contributed by atoms with Gasteiger partial charge in [0.25, 0.3) is 5.91 Å². The highest BCUT2D eigenvalue weighted by atomic mass is 16.5. The van der Waals surface area contributed by atoms with E-state index in [1.165, 1.54) is 0 Å². The fraction of sp³-hybridized carbons (Fsp3) is 0.357. The van der Waals surface area contributed by atoms with Gasteiger partial charge in [-0.15, -0.1) is 0 Å². The van der Waals surface area contributed by atoms with Crippen molar-refractivity contribution in [2.75, 3.05) is 13.2 Å². The first-order valence-electron chi connectivity index (χ1n) is 6.41. The Morgan fingerprint density at radius 1 is 1.19 bits per heavy atom. The van der Waals surface area contributed by atoms with Crippen molar-refractivity contribution in [3.63, 3.8) is 0 Å². The van der Waals surface area contributed by atoms with Gasteiger partial charge in [0.15, 0.2) is 0 Å². The maximum atomic E-state index is 11.5. The predicted molar refractivity (Wildman–Crippen MR) is 74.7 cm³/mol. The molecule has 114 valence electrons. The van der Waals surface area contributed by atoms with Gasteiger partial charge in [0.1, 0.15) is 13.2 Å². The van der Waals surface area contributed by atoms with E-state index in [4.69, 9.17) is 5.11 Å². The highest BCUT2D eigenvalue weighted by molar-refractivity contribution is 5.95. The van der Waals surface area contributed by atoms with E-state index in [2.05, 4.69) is 15.4 Å². The van der Waals surface area contributed by atoms with Gasteiger partial charge in [-0.3, -0.25) is 10.1 Å². The highest BCUT2D eigenvalue weighted by Gasteiger charge is 2.11. The van der Waals surface area contributed by atoms with Crippen molar-refractivity contribution in [2.24, 2.45) is 0 Å². The second kappa shape index (κ2) is 8.70. The molecule has 7 nitrogen and oxygen atoms in total. The van der Waals surface area contributed by atoms with Crippen molar-refractivity contribution in [2.45, 2.75) is 19.4 Å². The minimum Gasteiger partial charge on any atom is -0.480 e. The smallest absolute Gasteiger partial charge is 0.329 e. The lowest BCUT2D eigenvalue weighted by atomic mass is 10.1. The third-order valence-electron chi connectivity index (χ3n) is 2.47. The molecule has 0 fully saturated rings. The number of imide groups is 1. The Kier molecular flexibility index (Phi) is 6.90. The van der Waals surface area contributed by atoms with Crippen LogP contribution in [0.2, 0.25) is 0 Å². The number of nitrogens with one attached hydrogen (secondary N) is 2. The number of urea groups is 1. The molecule has 21 heavy (non-hydrogen) atoms. The van der Waals surface area contributed by atoms with Crippen LogP contribution >= 0.6 is 0 Å². The van der Waals surface area contributed by atoms with Gasteiger partial charge in [0.05, 0.1) is 0 Å². The van der Waals surface area contributed by atoms with Gasteiger partial charge in [0.2, 0.25) is 0 Å². The quantitative estimate of drug-likeness (QED) is 0.681. The molecule has 0 aliphatic heterocycles. The van der Waals surface area contributed by atoms with Crippen molar-refractivity contribution in [1.82, 2.24) is 10.6 Å². The molecule has 0 heterocycles. The van der Waals surface area contributed by atoms with Crippen LogP contribution < -0.4 is 10.6 Å². The average Bonchev–Trinajstić information content (AvgIpc) is 2.38. The van der Waals surface area contributed by atoms with E-state index in [-0.39, 0.29) is 6.04 Å². The number of carbonyl (C=O) groups excluding carboxylic acids is 2. The Morgan fingerprint density at radius 3 is 2.48 bits per heavy atom. The summed E-state index contributed by atoms with van der Waals surface area (Å²) in [5, 5.41) is 13.0. The summed E-state index contributed by atoms with van der Waals surface area (Å²) in [4.78, 5) is 33.0. The van der Waals surface area contributed by atoms with Crippen molar-refractivity contribution in [1.29, 1.82) is 0 Å². The zero-order valence-corrected chi connectivity index (χ0v) is 11.7. The van der Waals surface area contributed by atoms with Crippen LogP contribution in [-0.2, 0) is 20.7 Å². The van der Waals surface area contributed by atoms with Crippen molar-refractivity contribution < 1.29 is 24.2 Å². The summed E-state index contributed by atoms with van der Waals surface area (Å²) in [5.41, 5.74) is 1.07. The Balaban J connectivity index is 2.26. The lowest BCUT2D eigenvalue weighted by Crippen LogP contribution is -2.45. The summed E-state index contributed by atoms with van der Waals surface area (Å²) in [6.07, 6.45) is 0.637. The second-order valence-electron chi connectivity index (χ2n) is 4.50. The molecule has 0 saturated carbocycles. The van der Waals surface area contributed by atoms with Gasteiger partial charge < -0.3 is 15.2 Å². The molecule has 3 amide bonds. The SMILES string of the molecule is CC(Cc1ccccc1)NC(=O)NC(=O)COCC(=O)O. The Bertz CT molecular complexity index is 489. The van der Waals surface area contributed by atoms with Gasteiger partial charge in [-0.05, 0) is 18.9 Å². The van der Waals surface area contributed by atoms with Crippen LogP contribution in [0.5, 0.6) is 0 Å². The van der Waals surface area contributed by atoms with E-state index in [1.54, 1.807) is 0 Å². The molecular formula is C14H18N2O5. The Labute approximate surface area is 122 Å². The van der Waals surface area contributed by atoms with E-state index < -0.39 is 31.1 Å². The minimum atomic E-state index is -1.18. The van der Waals surface area contributed by atoms with E-state index in [9.17, 15) is 14.4 Å². The molecule has 0 spiro atoms. The van der Waals surface area contributed by atoms with E-state index in [1.807, 2.05) is 37.3 Å². The number of hydrogen-bond acceptors (Lipinski definition) is 4. The highest BCUT2D eigenvalue weighted by Crippen LogP contribution is 2.02. The number of amides is 3. The Hall–Kier alpha value is -2.41. The molecule has 0 aromatic heterocycles.